The van der Waals surface area contributed by atoms with Crippen LogP contribution < -0.4 is 9.62 Å². The van der Waals surface area contributed by atoms with E-state index in [1.165, 1.54) is 35.2 Å². The van der Waals surface area contributed by atoms with E-state index in [-0.39, 0.29) is 29.1 Å². The molecule has 1 fully saturated rings. The van der Waals surface area contributed by atoms with Gasteiger partial charge in [-0.15, -0.1) is 0 Å². The molecule has 0 radical (unpaired) electrons. The average molecular weight is 614 g/mol. The van der Waals surface area contributed by atoms with Crippen LogP contribution in [0.2, 0.25) is 5.02 Å². The molecule has 0 heterocycles. The molecule has 7 nitrogen and oxygen atoms in total. The Labute approximate surface area is 252 Å². The van der Waals surface area contributed by atoms with Crippen LogP contribution in [0.4, 0.5) is 10.1 Å². The van der Waals surface area contributed by atoms with E-state index in [0.29, 0.717) is 22.6 Å². The van der Waals surface area contributed by atoms with Gasteiger partial charge in [0.1, 0.15) is 18.4 Å². The van der Waals surface area contributed by atoms with E-state index < -0.39 is 34.3 Å². The lowest BCUT2D eigenvalue weighted by Gasteiger charge is -2.34. The van der Waals surface area contributed by atoms with Crippen LogP contribution in [0.15, 0.2) is 77.7 Å². The van der Waals surface area contributed by atoms with Crippen molar-refractivity contribution < 1.29 is 22.4 Å². The van der Waals surface area contributed by atoms with Crippen LogP contribution in [0.1, 0.15) is 56.6 Å². The van der Waals surface area contributed by atoms with Crippen molar-refractivity contribution in [1.82, 2.24) is 10.2 Å². The van der Waals surface area contributed by atoms with Crippen molar-refractivity contribution in [1.29, 1.82) is 0 Å². The first-order valence-corrected chi connectivity index (χ1v) is 16.1. The number of sulfonamides is 1. The van der Waals surface area contributed by atoms with Gasteiger partial charge in [-0.2, -0.15) is 0 Å². The maximum absolute atomic E-state index is 14.2. The van der Waals surface area contributed by atoms with Gasteiger partial charge >= 0.3 is 0 Å². The molecule has 1 aliphatic rings. The standard InChI is InChI=1S/C32H37ClFN3O4S/c1-3-29(32(39)35-27-10-6-4-7-11-27)36(21-24-15-18-26(34)19-16-24)31(38)22-37(30-20-25(33)17-14-23(30)2)42(40,41)28-12-8-5-9-13-28/h5,8-9,12-20,27,29H,3-4,6-7,10-11,21-22H2,1-2H3,(H,35,39)/t29-/m1/s1. The second-order valence-electron chi connectivity index (χ2n) is 10.7. The van der Waals surface area contributed by atoms with Gasteiger partial charge in [0.15, 0.2) is 0 Å². The highest BCUT2D eigenvalue weighted by atomic mass is 35.5. The molecule has 0 saturated heterocycles. The van der Waals surface area contributed by atoms with Crippen molar-refractivity contribution in [3.63, 3.8) is 0 Å². The molecule has 3 aromatic rings. The van der Waals surface area contributed by atoms with Crippen molar-refractivity contribution in [3.05, 3.63) is 94.8 Å². The number of amides is 2. The van der Waals surface area contributed by atoms with Crippen LogP contribution in [0, 0.1) is 12.7 Å². The Morgan fingerprint density at radius 3 is 2.31 bits per heavy atom. The van der Waals surface area contributed by atoms with Crippen molar-refractivity contribution in [2.45, 2.75) is 75.9 Å². The highest BCUT2D eigenvalue weighted by molar-refractivity contribution is 7.92. The van der Waals surface area contributed by atoms with Gasteiger partial charge in [-0.3, -0.25) is 13.9 Å². The fourth-order valence-electron chi connectivity index (χ4n) is 5.33. The Morgan fingerprint density at radius 2 is 1.67 bits per heavy atom. The molecule has 2 amide bonds. The molecular weight excluding hydrogens is 577 g/mol. The molecule has 1 atom stereocenters. The number of carbonyl (C=O) groups excluding carboxylic acids is 2. The largest absolute Gasteiger partial charge is 0.352 e. The lowest BCUT2D eigenvalue weighted by molar-refractivity contribution is -0.140. The number of nitrogens with one attached hydrogen (secondary N) is 1. The molecule has 10 heteroatoms. The maximum atomic E-state index is 14.2. The summed E-state index contributed by atoms with van der Waals surface area (Å²) in [5.74, 6) is -1.27. The minimum absolute atomic E-state index is 0.00343. The molecule has 3 aromatic carbocycles. The van der Waals surface area contributed by atoms with Gasteiger partial charge in [0.05, 0.1) is 10.6 Å². The van der Waals surface area contributed by atoms with Crippen LogP contribution in [0.3, 0.4) is 0 Å². The summed E-state index contributed by atoms with van der Waals surface area (Å²) in [4.78, 5) is 29.2. The van der Waals surface area contributed by atoms with Crippen LogP contribution in [-0.2, 0) is 26.2 Å². The van der Waals surface area contributed by atoms with Gasteiger partial charge in [-0.25, -0.2) is 12.8 Å². The first kappa shape index (κ1) is 31.5. The minimum atomic E-state index is -4.20. The SMILES string of the molecule is CC[C@H](C(=O)NC1CCCCC1)N(Cc1ccc(F)cc1)C(=O)CN(c1cc(Cl)ccc1C)S(=O)(=O)c1ccccc1. The summed E-state index contributed by atoms with van der Waals surface area (Å²) in [5, 5.41) is 3.43. The smallest absolute Gasteiger partial charge is 0.264 e. The Balaban J connectivity index is 1.72. The Hall–Kier alpha value is -3.43. The molecular formula is C32H37ClFN3O4S. The Bertz CT molecular complexity index is 1480. The molecule has 0 aromatic heterocycles. The summed E-state index contributed by atoms with van der Waals surface area (Å²) < 4.78 is 42.7. The fourth-order valence-corrected chi connectivity index (χ4v) is 6.99. The topological polar surface area (TPSA) is 86.8 Å². The number of rotatable bonds is 11. The summed E-state index contributed by atoms with van der Waals surface area (Å²) in [6, 6.07) is 17.6. The third-order valence-corrected chi connectivity index (χ3v) is 9.66. The van der Waals surface area contributed by atoms with Gasteiger partial charge < -0.3 is 10.2 Å². The van der Waals surface area contributed by atoms with Crippen LogP contribution >= 0.6 is 11.6 Å². The Kier molecular flexibility index (Phi) is 10.6. The summed E-state index contributed by atoms with van der Waals surface area (Å²) >= 11 is 6.28. The van der Waals surface area contributed by atoms with Crippen molar-refractivity contribution >= 4 is 39.1 Å². The molecule has 0 spiro atoms. The molecule has 224 valence electrons. The second kappa shape index (κ2) is 14.2. The van der Waals surface area contributed by atoms with Gasteiger partial charge in [-0.05, 0) is 73.7 Å². The molecule has 1 saturated carbocycles. The van der Waals surface area contributed by atoms with Crippen LogP contribution in [0.5, 0.6) is 0 Å². The second-order valence-corrected chi connectivity index (χ2v) is 13.0. The summed E-state index contributed by atoms with van der Waals surface area (Å²) in [6.07, 6.45) is 5.27. The molecule has 0 aliphatic heterocycles. The van der Waals surface area contributed by atoms with E-state index in [4.69, 9.17) is 11.6 Å². The third kappa shape index (κ3) is 7.69. The number of carbonyl (C=O) groups is 2. The number of nitrogens with zero attached hydrogens (tertiary/aromatic N) is 2. The molecule has 42 heavy (non-hydrogen) atoms. The molecule has 1 N–H and O–H groups in total. The van der Waals surface area contributed by atoms with Crippen molar-refractivity contribution in [2.24, 2.45) is 0 Å². The predicted octanol–water partition coefficient (Wildman–Crippen LogP) is 6.24. The van der Waals surface area contributed by atoms with Crippen molar-refractivity contribution in [2.75, 3.05) is 10.8 Å². The highest BCUT2D eigenvalue weighted by Gasteiger charge is 2.35. The number of anilines is 1. The first-order valence-electron chi connectivity index (χ1n) is 14.3. The number of halogens is 2. The first-order chi connectivity index (χ1) is 20.1. The van der Waals surface area contributed by atoms with Crippen molar-refractivity contribution in [3.8, 4) is 0 Å². The normalized spacial score (nSPS) is 14.7. The Morgan fingerprint density at radius 1 is 1.00 bits per heavy atom. The summed E-state index contributed by atoms with van der Waals surface area (Å²) in [7, 11) is -4.20. The molecule has 0 bridgehead atoms. The van der Waals surface area contributed by atoms with E-state index in [1.54, 1.807) is 49.4 Å². The molecule has 4 rings (SSSR count). The number of hydrogen-bond donors (Lipinski definition) is 1. The average Bonchev–Trinajstić information content (AvgIpc) is 2.99. The van der Waals surface area contributed by atoms with Gasteiger partial charge in [-0.1, -0.05) is 74.2 Å². The fraction of sp³-hybridized carbons (Fsp3) is 0.375. The van der Waals surface area contributed by atoms with E-state index in [9.17, 15) is 22.4 Å². The minimum Gasteiger partial charge on any atom is -0.352 e. The van der Waals surface area contributed by atoms with Gasteiger partial charge in [0.25, 0.3) is 10.0 Å². The highest BCUT2D eigenvalue weighted by Crippen LogP contribution is 2.30. The van der Waals surface area contributed by atoms with E-state index in [1.807, 2.05) is 6.92 Å². The van der Waals surface area contributed by atoms with Gasteiger partial charge in [0.2, 0.25) is 11.8 Å². The summed E-state index contributed by atoms with van der Waals surface area (Å²) in [5.41, 5.74) is 1.49. The van der Waals surface area contributed by atoms with Crippen LogP contribution in [-0.4, -0.2) is 43.8 Å². The van der Waals surface area contributed by atoms with Gasteiger partial charge in [0, 0.05) is 17.6 Å². The molecule has 1 aliphatic carbocycles. The lowest BCUT2D eigenvalue weighted by atomic mass is 9.95. The summed E-state index contributed by atoms with van der Waals surface area (Å²) in [6.45, 7) is 3.00. The van der Waals surface area contributed by atoms with E-state index >= 15 is 0 Å². The van der Waals surface area contributed by atoms with E-state index in [0.717, 1.165) is 36.4 Å². The maximum Gasteiger partial charge on any atom is 0.264 e. The zero-order chi connectivity index (χ0) is 30.3. The van der Waals surface area contributed by atoms with Crippen LogP contribution in [0.25, 0.3) is 0 Å². The predicted molar refractivity (Wildman–Crippen MR) is 163 cm³/mol. The van der Waals surface area contributed by atoms with E-state index in [2.05, 4.69) is 5.32 Å². The zero-order valence-electron chi connectivity index (χ0n) is 23.9. The number of aryl methyl sites for hydroxylation is 1. The monoisotopic (exact) mass is 613 g/mol. The molecule has 0 unspecified atom stereocenters. The number of hydrogen-bond acceptors (Lipinski definition) is 4. The quantitative estimate of drug-likeness (QED) is 0.277. The number of benzene rings is 3. The zero-order valence-corrected chi connectivity index (χ0v) is 25.5. The third-order valence-electron chi connectivity index (χ3n) is 7.65. The lowest BCUT2D eigenvalue weighted by Crippen LogP contribution is -2.54.